The second-order valence-electron chi connectivity index (χ2n) is 7.40. The van der Waals surface area contributed by atoms with Crippen molar-refractivity contribution in [2.24, 2.45) is 10.9 Å². The van der Waals surface area contributed by atoms with Crippen LogP contribution in [0.4, 0.5) is 5.69 Å². The average Bonchev–Trinajstić information content (AvgIpc) is 2.74. The normalized spacial score (nSPS) is 14.5. The number of hydrogen-bond acceptors (Lipinski definition) is 4. The number of methoxy groups -OCH3 is 1. The molecule has 0 bridgehead atoms. The molecule has 30 heavy (non-hydrogen) atoms. The van der Waals surface area contributed by atoms with E-state index in [0.717, 1.165) is 17.9 Å². The minimum absolute atomic E-state index is 0. The van der Waals surface area contributed by atoms with Crippen LogP contribution in [0.15, 0.2) is 29.3 Å². The van der Waals surface area contributed by atoms with Crippen LogP contribution < -0.4 is 20.7 Å². The molecule has 1 aliphatic rings. The van der Waals surface area contributed by atoms with Crippen LogP contribution in [0.25, 0.3) is 0 Å². The number of carbonyl (C=O) groups is 1. The third-order valence-corrected chi connectivity index (χ3v) is 5.02. The summed E-state index contributed by atoms with van der Waals surface area (Å²) in [6, 6.07) is 7.76. The molecule has 170 valence electrons. The van der Waals surface area contributed by atoms with Gasteiger partial charge in [-0.15, -0.1) is 24.0 Å². The minimum Gasteiger partial charge on any atom is -0.493 e. The van der Waals surface area contributed by atoms with E-state index in [0.29, 0.717) is 44.6 Å². The van der Waals surface area contributed by atoms with E-state index in [2.05, 4.69) is 20.9 Å². The molecule has 0 saturated heterocycles. The summed E-state index contributed by atoms with van der Waals surface area (Å²) in [7, 11) is 3.41. The van der Waals surface area contributed by atoms with E-state index in [1.54, 1.807) is 14.2 Å². The van der Waals surface area contributed by atoms with Crippen LogP contribution >= 0.6 is 24.0 Å². The van der Waals surface area contributed by atoms with Crippen LogP contribution in [0.3, 0.4) is 0 Å². The van der Waals surface area contributed by atoms with Gasteiger partial charge in [-0.2, -0.15) is 0 Å². The Kier molecular flexibility index (Phi) is 14.3. The van der Waals surface area contributed by atoms with Crippen molar-refractivity contribution >= 4 is 41.5 Å². The van der Waals surface area contributed by atoms with Gasteiger partial charge in [0.1, 0.15) is 5.75 Å². The second kappa shape index (κ2) is 16.2. The largest absolute Gasteiger partial charge is 0.493 e. The number of hydrogen-bond donors (Lipinski definition) is 3. The molecule has 3 N–H and O–H groups in total. The smallest absolute Gasteiger partial charge is 0.220 e. The monoisotopic (exact) mass is 532 g/mol. The Hall–Kier alpha value is -1.55. The summed E-state index contributed by atoms with van der Waals surface area (Å²) >= 11 is 0. The molecule has 1 aromatic rings. The number of aliphatic imine (C=N–C) groups is 1. The summed E-state index contributed by atoms with van der Waals surface area (Å²) in [5.41, 5.74) is 0.892. The topological polar surface area (TPSA) is 84.0 Å². The van der Waals surface area contributed by atoms with Crippen LogP contribution in [-0.4, -0.2) is 52.3 Å². The van der Waals surface area contributed by atoms with Crippen LogP contribution in [0, 0.1) is 5.92 Å². The van der Waals surface area contributed by atoms with Crippen molar-refractivity contribution in [2.75, 3.05) is 45.8 Å². The molecule has 8 heteroatoms. The zero-order chi connectivity index (χ0) is 20.7. The fraction of sp³-hybridized carbons (Fsp3) is 0.636. The van der Waals surface area contributed by atoms with E-state index in [-0.39, 0.29) is 29.9 Å². The molecule has 0 atom stereocenters. The first-order valence-corrected chi connectivity index (χ1v) is 10.7. The maximum atomic E-state index is 12.1. The second-order valence-corrected chi connectivity index (χ2v) is 7.40. The fourth-order valence-electron chi connectivity index (χ4n) is 3.48. The summed E-state index contributed by atoms with van der Waals surface area (Å²) < 4.78 is 10.8. The predicted molar refractivity (Wildman–Crippen MR) is 133 cm³/mol. The highest BCUT2D eigenvalue weighted by atomic mass is 127. The number of halogens is 1. The van der Waals surface area contributed by atoms with Gasteiger partial charge in [-0.3, -0.25) is 9.79 Å². The van der Waals surface area contributed by atoms with Crippen molar-refractivity contribution in [3.63, 3.8) is 0 Å². The Balaban J connectivity index is 0.00000450. The molecule has 2 rings (SSSR count). The van der Waals surface area contributed by atoms with E-state index in [9.17, 15) is 4.79 Å². The lowest BCUT2D eigenvalue weighted by atomic mass is 9.87. The maximum absolute atomic E-state index is 12.1. The maximum Gasteiger partial charge on any atom is 0.220 e. The predicted octanol–water partition coefficient (Wildman–Crippen LogP) is 3.79. The van der Waals surface area contributed by atoms with E-state index >= 15 is 0 Å². The lowest BCUT2D eigenvalue weighted by molar-refractivity contribution is -0.122. The van der Waals surface area contributed by atoms with Gasteiger partial charge in [-0.25, -0.2) is 0 Å². The summed E-state index contributed by atoms with van der Waals surface area (Å²) in [4.78, 5) is 16.3. The van der Waals surface area contributed by atoms with Crippen molar-refractivity contribution in [1.82, 2.24) is 10.6 Å². The molecule has 1 amide bonds. The van der Waals surface area contributed by atoms with E-state index in [1.807, 2.05) is 24.3 Å². The molecule has 0 spiro atoms. The molecule has 0 unspecified atom stereocenters. The summed E-state index contributed by atoms with van der Waals surface area (Å²) in [5.74, 6) is 2.18. The average molecular weight is 532 g/mol. The molecule has 1 aliphatic carbocycles. The van der Waals surface area contributed by atoms with Gasteiger partial charge < -0.3 is 25.4 Å². The fourth-order valence-corrected chi connectivity index (χ4v) is 3.48. The molecular weight excluding hydrogens is 495 g/mol. The molecule has 1 saturated carbocycles. The molecule has 0 aromatic heterocycles. The molecule has 0 aliphatic heterocycles. The summed E-state index contributed by atoms with van der Waals surface area (Å²) in [6.45, 7) is 2.49. The summed E-state index contributed by atoms with van der Waals surface area (Å²) in [6.07, 6.45) is 7.74. The van der Waals surface area contributed by atoms with Gasteiger partial charge in [0.2, 0.25) is 5.91 Å². The van der Waals surface area contributed by atoms with Crippen LogP contribution in [0.1, 0.15) is 44.9 Å². The van der Waals surface area contributed by atoms with E-state index < -0.39 is 0 Å². The molecule has 1 aromatic carbocycles. The first-order valence-electron chi connectivity index (χ1n) is 10.7. The number of amides is 1. The van der Waals surface area contributed by atoms with Gasteiger partial charge >= 0.3 is 0 Å². The Morgan fingerprint density at radius 3 is 2.63 bits per heavy atom. The van der Waals surface area contributed by atoms with E-state index in [4.69, 9.17) is 9.47 Å². The van der Waals surface area contributed by atoms with Crippen molar-refractivity contribution in [3.05, 3.63) is 24.3 Å². The molecule has 0 heterocycles. The number of nitrogens with zero attached hydrogens (tertiary/aromatic N) is 1. The highest BCUT2D eigenvalue weighted by Gasteiger charge is 2.16. The van der Waals surface area contributed by atoms with Gasteiger partial charge in [0, 0.05) is 58.4 Å². The van der Waals surface area contributed by atoms with Gasteiger partial charge in [0.05, 0.1) is 6.61 Å². The Bertz CT molecular complexity index is 637. The van der Waals surface area contributed by atoms with Crippen LogP contribution in [0.2, 0.25) is 0 Å². The van der Waals surface area contributed by atoms with Crippen LogP contribution in [0.5, 0.6) is 5.75 Å². The first-order chi connectivity index (χ1) is 14.2. The number of guanidine groups is 1. The van der Waals surface area contributed by atoms with E-state index in [1.165, 1.54) is 32.1 Å². The molecule has 7 nitrogen and oxygen atoms in total. The Labute approximate surface area is 197 Å². The SMILES string of the molecule is CN=C(NCCNC(=O)CC1CCCCC1)Nc1cccc(OCCCOC)c1.I. The lowest BCUT2D eigenvalue weighted by Gasteiger charge is -2.20. The van der Waals surface area contributed by atoms with Crippen molar-refractivity contribution < 1.29 is 14.3 Å². The van der Waals surface area contributed by atoms with Gasteiger partial charge in [-0.1, -0.05) is 25.3 Å². The number of nitrogens with one attached hydrogen (secondary N) is 3. The zero-order valence-electron chi connectivity index (χ0n) is 18.2. The third-order valence-electron chi connectivity index (χ3n) is 5.02. The number of benzene rings is 1. The van der Waals surface area contributed by atoms with Crippen molar-refractivity contribution in [2.45, 2.75) is 44.9 Å². The minimum atomic E-state index is 0. The number of ether oxygens (including phenoxy) is 2. The standard InChI is InChI=1S/C22H36N4O3.HI/c1-23-22(25-13-12-24-21(27)16-18-8-4-3-5-9-18)26-19-10-6-11-20(17-19)29-15-7-14-28-2;/h6,10-11,17-18H,3-5,7-9,12-16H2,1-2H3,(H,24,27)(H2,23,25,26);1H. The number of carbonyl (C=O) groups excluding carboxylic acids is 1. The molecule has 0 radical (unpaired) electrons. The van der Waals surface area contributed by atoms with Gasteiger partial charge in [-0.05, 0) is 30.9 Å². The highest BCUT2D eigenvalue weighted by molar-refractivity contribution is 14.0. The first kappa shape index (κ1) is 26.5. The Morgan fingerprint density at radius 1 is 1.13 bits per heavy atom. The molecular formula is C22H37IN4O3. The third kappa shape index (κ3) is 11.0. The van der Waals surface area contributed by atoms with Crippen molar-refractivity contribution in [1.29, 1.82) is 0 Å². The number of rotatable bonds is 11. The Morgan fingerprint density at radius 2 is 1.90 bits per heavy atom. The molecule has 1 fully saturated rings. The van der Waals surface area contributed by atoms with Gasteiger partial charge in [0.25, 0.3) is 0 Å². The summed E-state index contributed by atoms with van der Waals surface area (Å²) in [5, 5.41) is 9.47. The lowest BCUT2D eigenvalue weighted by Crippen LogP contribution is -2.38. The quantitative estimate of drug-likeness (QED) is 0.175. The number of anilines is 1. The zero-order valence-corrected chi connectivity index (χ0v) is 20.6. The van der Waals surface area contributed by atoms with Crippen molar-refractivity contribution in [3.8, 4) is 5.75 Å². The van der Waals surface area contributed by atoms with Gasteiger partial charge in [0.15, 0.2) is 5.96 Å². The highest BCUT2D eigenvalue weighted by Crippen LogP contribution is 2.26. The van der Waals surface area contributed by atoms with Crippen LogP contribution in [-0.2, 0) is 9.53 Å².